The molecule has 0 amide bonds. The Balaban J connectivity index is 2.07. The number of aromatic amines is 2. The average molecular weight is 420 g/mol. The van der Waals surface area contributed by atoms with Gasteiger partial charge in [-0.25, -0.2) is 17.9 Å². The molecule has 2 aromatic heterocycles. The molecule has 0 saturated heterocycles. The molecule has 0 atom stereocenters. The molecule has 0 radical (unpaired) electrons. The number of ether oxygens (including phenoxy) is 1. The Morgan fingerprint density at radius 1 is 1.28 bits per heavy atom. The number of sulfonamides is 1. The molecule has 2 heterocycles. The van der Waals surface area contributed by atoms with Gasteiger partial charge >= 0.3 is 5.97 Å². The number of rotatable bonds is 8. The molecular weight excluding hydrogens is 396 g/mol. The lowest BCUT2D eigenvalue weighted by molar-refractivity contribution is 0.0529. The first-order valence-electron chi connectivity index (χ1n) is 9.23. The number of hydrogen-bond acceptors (Lipinski definition) is 6. The van der Waals surface area contributed by atoms with Crippen molar-refractivity contribution in [1.29, 1.82) is 0 Å². The van der Waals surface area contributed by atoms with E-state index in [2.05, 4.69) is 14.7 Å². The first-order chi connectivity index (χ1) is 13.7. The number of carbonyl (C=O) groups is 1. The maximum Gasteiger partial charge on any atom is 0.340 e. The fourth-order valence-corrected chi connectivity index (χ4v) is 4.23. The molecule has 0 unspecified atom stereocenters. The number of nitrogens with one attached hydrogen (secondary N) is 3. The summed E-state index contributed by atoms with van der Waals surface area (Å²) in [6.07, 6.45) is 2.07. The van der Waals surface area contributed by atoms with Crippen LogP contribution in [-0.2, 0) is 14.8 Å². The number of pyridine rings is 1. The Hall–Kier alpha value is -2.69. The van der Waals surface area contributed by atoms with Gasteiger partial charge in [0.2, 0.25) is 10.0 Å². The largest absolute Gasteiger partial charge is 0.462 e. The van der Waals surface area contributed by atoms with Crippen LogP contribution in [0, 0.1) is 0 Å². The minimum Gasteiger partial charge on any atom is -0.462 e. The summed E-state index contributed by atoms with van der Waals surface area (Å²) in [5, 5.41) is 0.784. The summed E-state index contributed by atoms with van der Waals surface area (Å²) in [4.78, 5) is 32.1. The van der Waals surface area contributed by atoms with Crippen molar-refractivity contribution in [2.24, 2.45) is 0 Å². The summed E-state index contributed by atoms with van der Waals surface area (Å²) < 4.78 is 33.0. The van der Waals surface area contributed by atoms with Crippen LogP contribution in [0.4, 0.5) is 0 Å². The molecule has 156 valence electrons. The number of benzene rings is 1. The molecule has 3 N–H and O–H groups in total. The third-order valence-electron chi connectivity index (χ3n) is 4.50. The van der Waals surface area contributed by atoms with E-state index < -0.39 is 21.6 Å². The smallest absolute Gasteiger partial charge is 0.340 e. The van der Waals surface area contributed by atoms with E-state index in [0.29, 0.717) is 29.3 Å². The number of hydrogen-bond donors (Lipinski definition) is 3. The second-order valence-corrected chi connectivity index (χ2v) is 8.66. The van der Waals surface area contributed by atoms with Crippen LogP contribution in [0.5, 0.6) is 0 Å². The van der Waals surface area contributed by atoms with Crippen molar-refractivity contribution < 1.29 is 17.9 Å². The summed E-state index contributed by atoms with van der Waals surface area (Å²) in [6.45, 7) is 2.93. The van der Waals surface area contributed by atoms with E-state index >= 15 is 0 Å². The average Bonchev–Trinajstić information content (AvgIpc) is 3.11. The quantitative estimate of drug-likeness (QED) is 0.374. The maximum absolute atomic E-state index is 12.7. The standard InChI is InChI=1S/C19H24N4O5S/c1-4-28-19(25)14-11-20-17-16(14)13-10-12(6-7-15(13)22-18(17)24)29(26,27)21-8-5-9-23(2)3/h6-7,10-11,20-21H,4-5,8-9H2,1-3H3,(H,22,24). The lowest BCUT2D eigenvalue weighted by Crippen LogP contribution is -2.27. The summed E-state index contributed by atoms with van der Waals surface area (Å²) in [5.41, 5.74) is 0.403. The van der Waals surface area contributed by atoms with E-state index in [1.807, 2.05) is 19.0 Å². The molecule has 10 heteroatoms. The van der Waals surface area contributed by atoms with Gasteiger partial charge in [-0.15, -0.1) is 0 Å². The molecule has 1 aromatic carbocycles. The minimum absolute atomic E-state index is 0.0548. The first-order valence-corrected chi connectivity index (χ1v) is 10.7. The van der Waals surface area contributed by atoms with Gasteiger partial charge in [0.25, 0.3) is 5.56 Å². The fraction of sp³-hybridized carbons (Fsp3) is 0.368. The lowest BCUT2D eigenvalue weighted by atomic mass is 10.1. The molecule has 3 aromatic rings. The third-order valence-corrected chi connectivity index (χ3v) is 5.95. The van der Waals surface area contributed by atoms with Crippen LogP contribution in [0.25, 0.3) is 21.8 Å². The Morgan fingerprint density at radius 2 is 2.03 bits per heavy atom. The predicted molar refractivity (Wildman–Crippen MR) is 111 cm³/mol. The van der Waals surface area contributed by atoms with Crippen LogP contribution in [0.1, 0.15) is 23.7 Å². The van der Waals surface area contributed by atoms with E-state index in [4.69, 9.17) is 4.74 Å². The number of H-pyrrole nitrogens is 2. The van der Waals surface area contributed by atoms with Gasteiger partial charge in [0, 0.05) is 29.0 Å². The highest BCUT2D eigenvalue weighted by Crippen LogP contribution is 2.27. The molecule has 0 saturated carbocycles. The van der Waals surface area contributed by atoms with Gasteiger partial charge in [0.05, 0.1) is 17.1 Å². The van der Waals surface area contributed by atoms with Crippen LogP contribution in [0.15, 0.2) is 34.1 Å². The van der Waals surface area contributed by atoms with Crippen molar-refractivity contribution in [3.63, 3.8) is 0 Å². The van der Waals surface area contributed by atoms with E-state index in [0.717, 1.165) is 6.54 Å². The highest BCUT2D eigenvalue weighted by Gasteiger charge is 2.20. The van der Waals surface area contributed by atoms with Crippen molar-refractivity contribution in [3.05, 3.63) is 40.3 Å². The van der Waals surface area contributed by atoms with Crippen LogP contribution >= 0.6 is 0 Å². The monoisotopic (exact) mass is 420 g/mol. The van der Waals surface area contributed by atoms with Crippen molar-refractivity contribution >= 4 is 37.8 Å². The molecule has 0 bridgehead atoms. The van der Waals surface area contributed by atoms with Gasteiger partial charge in [-0.05, 0) is 52.2 Å². The van der Waals surface area contributed by atoms with E-state index in [9.17, 15) is 18.0 Å². The number of fused-ring (bicyclic) bond motifs is 3. The molecular formula is C19H24N4O5S. The molecule has 3 rings (SSSR count). The van der Waals surface area contributed by atoms with Gasteiger partial charge in [0.1, 0.15) is 5.52 Å². The molecule has 0 spiro atoms. The van der Waals surface area contributed by atoms with E-state index in [-0.39, 0.29) is 22.6 Å². The number of aromatic nitrogens is 2. The zero-order chi connectivity index (χ0) is 21.2. The highest BCUT2D eigenvalue weighted by molar-refractivity contribution is 7.89. The minimum atomic E-state index is -3.74. The van der Waals surface area contributed by atoms with E-state index in [1.54, 1.807) is 6.92 Å². The van der Waals surface area contributed by atoms with E-state index in [1.165, 1.54) is 24.4 Å². The Labute approximate surface area is 168 Å². The summed E-state index contributed by atoms with van der Waals surface area (Å²) >= 11 is 0. The topological polar surface area (TPSA) is 124 Å². The van der Waals surface area contributed by atoms with Gasteiger partial charge in [-0.3, -0.25) is 4.79 Å². The van der Waals surface area contributed by atoms with Crippen molar-refractivity contribution in [1.82, 2.24) is 19.6 Å². The number of carbonyl (C=O) groups excluding carboxylic acids is 1. The Morgan fingerprint density at radius 3 is 2.72 bits per heavy atom. The SMILES string of the molecule is CCOC(=O)c1c[nH]c2c(=O)[nH]c3ccc(S(=O)(=O)NCCCN(C)C)cc3c12. The Kier molecular flexibility index (Phi) is 6.06. The molecule has 0 aliphatic rings. The molecule has 0 fully saturated rings. The van der Waals surface area contributed by atoms with Crippen LogP contribution in [0.3, 0.4) is 0 Å². The molecule has 29 heavy (non-hydrogen) atoms. The second-order valence-electron chi connectivity index (χ2n) is 6.89. The zero-order valence-electron chi connectivity index (χ0n) is 16.5. The number of esters is 1. The van der Waals surface area contributed by atoms with Gasteiger partial charge in [0.15, 0.2) is 0 Å². The highest BCUT2D eigenvalue weighted by atomic mass is 32.2. The van der Waals surface area contributed by atoms with Crippen LogP contribution < -0.4 is 10.3 Å². The van der Waals surface area contributed by atoms with Gasteiger partial charge in [-0.1, -0.05) is 0 Å². The fourth-order valence-electron chi connectivity index (χ4n) is 3.13. The van der Waals surface area contributed by atoms with Crippen LogP contribution in [0.2, 0.25) is 0 Å². The predicted octanol–water partition coefficient (Wildman–Crippen LogP) is 1.42. The summed E-state index contributed by atoms with van der Waals surface area (Å²) in [5.74, 6) is -0.583. The number of nitrogens with zero attached hydrogens (tertiary/aromatic N) is 1. The summed E-state index contributed by atoms with van der Waals surface area (Å²) in [7, 11) is 0.0953. The molecule has 0 aliphatic heterocycles. The molecule has 9 nitrogen and oxygen atoms in total. The normalized spacial score (nSPS) is 12.1. The molecule has 0 aliphatic carbocycles. The first kappa shape index (κ1) is 21.0. The van der Waals surface area contributed by atoms with Crippen LogP contribution in [-0.4, -0.2) is 63.0 Å². The summed E-state index contributed by atoms with van der Waals surface area (Å²) in [6, 6.07) is 4.40. The van der Waals surface area contributed by atoms with Gasteiger partial charge < -0.3 is 19.6 Å². The van der Waals surface area contributed by atoms with Gasteiger partial charge in [-0.2, -0.15) is 0 Å². The van der Waals surface area contributed by atoms with Crippen molar-refractivity contribution in [2.45, 2.75) is 18.2 Å². The lowest BCUT2D eigenvalue weighted by Gasteiger charge is -2.11. The van der Waals surface area contributed by atoms with Crippen molar-refractivity contribution in [2.75, 3.05) is 33.8 Å². The van der Waals surface area contributed by atoms with Crippen molar-refractivity contribution in [3.8, 4) is 0 Å². The third kappa shape index (κ3) is 4.34. The Bertz CT molecular complexity index is 1210. The zero-order valence-corrected chi connectivity index (χ0v) is 17.4. The second kappa shape index (κ2) is 8.36. The maximum atomic E-state index is 12.7.